The Balaban J connectivity index is 4.48. The fourth-order valence-electron chi connectivity index (χ4n) is 0.500. The Hall–Kier alpha value is -0.650. The van der Waals surface area contributed by atoms with Gasteiger partial charge in [-0.3, -0.25) is 4.79 Å². The van der Waals surface area contributed by atoms with Gasteiger partial charge in [-0.2, -0.15) is 8.42 Å². The number of rotatable bonds is 2. The SMILES string of the molecule is CC(C(=O)OC(C)(C)C)S(=O)(=O)F. The number of ether oxygens (including phenoxy) is 1. The molecule has 0 radical (unpaired) electrons. The average Bonchev–Trinajstić information content (AvgIpc) is 1.79. The highest BCUT2D eigenvalue weighted by Crippen LogP contribution is 2.12. The molecule has 0 spiro atoms. The molecule has 0 aliphatic rings. The predicted molar refractivity (Wildman–Crippen MR) is 45.3 cm³/mol. The molecule has 13 heavy (non-hydrogen) atoms. The first-order chi connectivity index (χ1) is 5.54. The second kappa shape index (κ2) is 3.61. The summed E-state index contributed by atoms with van der Waals surface area (Å²) >= 11 is 0. The van der Waals surface area contributed by atoms with E-state index in [0.29, 0.717) is 0 Å². The lowest BCUT2D eigenvalue weighted by atomic mass is 10.2. The first-order valence-corrected chi connectivity index (χ1v) is 5.15. The van der Waals surface area contributed by atoms with Crippen molar-refractivity contribution in [3.05, 3.63) is 0 Å². The van der Waals surface area contributed by atoms with Crippen LogP contribution in [0.15, 0.2) is 0 Å². The van der Waals surface area contributed by atoms with Crippen LogP contribution in [0.4, 0.5) is 3.89 Å². The van der Waals surface area contributed by atoms with Gasteiger partial charge in [-0.15, -0.1) is 3.89 Å². The topological polar surface area (TPSA) is 60.4 Å². The van der Waals surface area contributed by atoms with Gasteiger partial charge in [0, 0.05) is 0 Å². The Kier molecular flexibility index (Phi) is 3.43. The summed E-state index contributed by atoms with van der Waals surface area (Å²) in [6, 6.07) is 0. The summed E-state index contributed by atoms with van der Waals surface area (Å²) in [5, 5.41) is -1.76. The zero-order valence-corrected chi connectivity index (χ0v) is 8.81. The molecule has 1 atom stereocenters. The summed E-state index contributed by atoms with van der Waals surface area (Å²) in [4.78, 5) is 11.0. The van der Waals surface area contributed by atoms with Gasteiger partial charge in [-0.05, 0) is 27.7 Å². The maximum absolute atomic E-state index is 12.3. The molecule has 0 saturated heterocycles. The quantitative estimate of drug-likeness (QED) is 0.506. The molecule has 0 aromatic carbocycles. The van der Waals surface area contributed by atoms with Crippen LogP contribution in [0.2, 0.25) is 0 Å². The van der Waals surface area contributed by atoms with Gasteiger partial charge in [0.05, 0.1) is 0 Å². The first kappa shape index (κ1) is 12.3. The Labute approximate surface area is 77.3 Å². The van der Waals surface area contributed by atoms with Crippen molar-refractivity contribution in [1.29, 1.82) is 0 Å². The summed E-state index contributed by atoms with van der Waals surface area (Å²) in [5.41, 5.74) is -0.809. The highest BCUT2D eigenvalue weighted by atomic mass is 32.3. The molecule has 1 unspecified atom stereocenters. The van der Waals surface area contributed by atoms with Crippen LogP contribution in [0.3, 0.4) is 0 Å². The minimum Gasteiger partial charge on any atom is -0.459 e. The number of halogens is 1. The molecule has 0 aromatic heterocycles. The van der Waals surface area contributed by atoms with Crippen LogP contribution in [-0.4, -0.2) is 25.2 Å². The standard InChI is InChI=1S/C7H13FO4S/c1-5(13(8,10)11)6(9)12-7(2,3)4/h5H,1-4H3. The fourth-order valence-corrected chi connectivity index (χ4v) is 0.778. The highest BCUT2D eigenvalue weighted by Gasteiger charge is 2.31. The number of hydrogen-bond acceptors (Lipinski definition) is 4. The summed E-state index contributed by atoms with van der Waals surface area (Å²) < 4.78 is 37.5. The normalized spacial score (nSPS) is 15.2. The number of carbonyl (C=O) groups excluding carboxylic acids is 1. The monoisotopic (exact) mass is 212 g/mol. The van der Waals surface area contributed by atoms with Gasteiger partial charge >= 0.3 is 16.2 Å². The van der Waals surface area contributed by atoms with Crippen LogP contribution in [0.5, 0.6) is 0 Å². The molecular weight excluding hydrogens is 199 g/mol. The number of esters is 1. The van der Waals surface area contributed by atoms with Gasteiger partial charge in [-0.1, -0.05) is 0 Å². The lowest BCUT2D eigenvalue weighted by Gasteiger charge is -2.20. The van der Waals surface area contributed by atoms with E-state index in [1.54, 1.807) is 20.8 Å². The van der Waals surface area contributed by atoms with E-state index in [2.05, 4.69) is 4.74 Å². The maximum Gasteiger partial charge on any atom is 0.327 e. The van der Waals surface area contributed by atoms with Gasteiger partial charge in [-0.25, -0.2) is 0 Å². The van der Waals surface area contributed by atoms with Crippen molar-refractivity contribution in [2.45, 2.75) is 38.5 Å². The van der Waals surface area contributed by atoms with Crippen molar-refractivity contribution in [2.24, 2.45) is 0 Å². The van der Waals surface area contributed by atoms with Crippen LogP contribution in [-0.2, 0) is 19.8 Å². The van der Waals surface area contributed by atoms with E-state index in [9.17, 15) is 17.1 Å². The molecule has 0 fully saturated rings. The molecule has 4 nitrogen and oxygen atoms in total. The minimum atomic E-state index is -4.85. The molecule has 78 valence electrons. The third kappa shape index (κ3) is 4.82. The number of carbonyl (C=O) groups is 1. The Bertz CT molecular complexity index is 288. The summed E-state index contributed by atoms with van der Waals surface area (Å²) in [5.74, 6) is -1.07. The van der Waals surface area contributed by atoms with Crippen molar-refractivity contribution in [2.75, 3.05) is 0 Å². The van der Waals surface area contributed by atoms with Crippen LogP contribution in [0.25, 0.3) is 0 Å². The number of hydrogen-bond donors (Lipinski definition) is 0. The van der Waals surface area contributed by atoms with Crippen molar-refractivity contribution in [1.82, 2.24) is 0 Å². The molecule has 0 saturated carbocycles. The van der Waals surface area contributed by atoms with Gasteiger partial charge in [0.15, 0.2) is 5.25 Å². The van der Waals surface area contributed by atoms with E-state index in [1.165, 1.54) is 0 Å². The lowest BCUT2D eigenvalue weighted by molar-refractivity contribution is -0.153. The van der Waals surface area contributed by atoms with Crippen molar-refractivity contribution < 1.29 is 21.8 Å². The summed E-state index contributed by atoms with van der Waals surface area (Å²) in [6.07, 6.45) is 0. The second-order valence-electron chi connectivity index (χ2n) is 3.65. The lowest BCUT2D eigenvalue weighted by Crippen LogP contribution is -2.33. The molecule has 0 amide bonds. The largest absolute Gasteiger partial charge is 0.459 e. The van der Waals surface area contributed by atoms with Gasteiger partial charge in [0.25, 0.3) is 0 Å². The molecular formula is C7H13FO4S. The van der Waals surface area contributed by atoms with E-state index in [0.717, 1.165) is 6.92 Å². The Morgan fingerprint density at radius 2 is 1.77 bits per heavy atom. The van der Waals surface area contributed by atoms with Crippen molar-refractivity contribution in [3.63, 3.8) is 0 Å². The Morgan fingerprint density at radius 1 is 1.38 bits per heavy atom. The third-order valence-electron chi connectivity index (χ3n) is 1.16. The van der Waals surface area contributed by atoms with E-state index in [-0.39, 0.29) is 0 Å². The molecule has 0 rings (SSSR count). The molecule has 0 aromatic rings. The minimum absolute atomic E-state index is 0.809. The van der Waals surface area contributed by atoms with E-state index in [4.69, 9.17) is 0 Å². The van der Waals surface area contributed by atoms with Gasteiger partial charge in [0.2, 0.25) is 0 Å². The molecule has 0 aliphatic carbocycles. The molecule has 0 bridgehead atoms. The average molecular weight is 212 g/mol. The highest BCUT2D eigenvalue weighted by molar-refractivity contribution is 7.87. The van der Waals surface area contributed by atoms with Crippen LogP contribution >= 0.6 is 0 Å². The van der Waals surface area contributed by atoms with E-state index >= 15 is 0 Å². The Morgan fingerprint density at radius 3 is 2.00 bits per heavy atom. The third-order valence-corrected chi connectivity index (χ3v) is 2.20. The van der Waals surface area contributed by atoms with Crippen LogP contribution in [0.1, 0.15) is 27.7 Å². The molecule has 6 heteroatoms. The first-order valence-electron chi connectivity index (χ1n) is 3.70. The zero-order valence-electron chi connectivity index (χ0n) is 8.00. The predicted octanol–water partition coefficient (Wildman–Crippen LogP) is 1.02. The van der Waals surface area contributed by atoms with Gasteiger partial charge < -0.3 is 4.74 Å². The molecule has 0 N–H and O–H groups in total. The van der Waals surface area contributed by atoms with Crippen LogP contribution < -0.4 is 0 Å². The van der Waals surface area contributed by atoms with Gasteiger partial charge in [0.1, 0.15) is 5.60 Å². The van der Waals surface area contributed by atoms with Crippen molar-refractivity contribution in [3.8, 4) is 0 Å². The summed E-state index contributed by atoms with van der Waals surface area (Å²) in [7, 11) is -4.85. The van der Waals surface area contributed by atoms with E-state index < -0.39 is 27.0 Å². The molecule has 0 heterocycles. The van der Waals surface area contributed by atoms with Crippen LogP contribution in [0, 0.1) is 0 Å². The fraction of sp³-hybridized carbons (Fsp3) is 0.857. The summed E-state index contributed by atoms with van der Waals surface area (Å²) in [6.45, 7) is 5.66. The second-order valence-corrected chi connectivity index (χ2v) is 5.31. The molecule has 0 aliphatic heterocycles. The smallest absolute Gasteiger partial charge is 0.327 e. The van der Waals surface area contributed by atoms with Crippen molar-refractivity contribution >= 4 is 16.2 Å². The van der Waals surface area contributed by atoms with E-state index in [1.807, 2.05) is 0 Å². The maximum atomic E-state index is 12.3. The zero-order chi connectivity index (χ0) is 10.9.